The summed E-state index contributed by atoms with van der Waals surface area (Å²) in [4.78, 5) is 2.74. The lowest BCUT2D eigenvalue weighted by Crippen LogP contribution is -2.51. The minimum atomic E-state index is 0.806. The van der Waals surface area contributed by atoms with Gasteiger partial charge < -0.3 is 4.81 Å². The van der Waals surface area contributed by atoms with Crippen LogP contribution in [-0.2, 0) is 0 Å². The predicted octanol–water partition coefficient (Wildman–Crippen LogP) is 8.74. The Morgan fingerprint density at radius 2 is 1.05 bits per heavy atom. The van der Waals surface area contributed by atoms with Crippen LogP contribution in [0.2, 0.25) is 11.6 Å². The van der Waals surface area contributed by atoms with Crippen LogP contribution in [-0.4, -0.2) is 25.8 Å². The second kappa shape index (κ2) is 9.58. The molecule has 1 heterocycles. The summed E-state index contributed by atoms with van der Waals surface area (Å²) in [6, 6.07) is 18.7. The topological polar surface area (TPSA) is 3.24 Å². The Balaban J connectivity index is 1.21. The number of nitrogens with zero attached hydrogens (tertiary/aromatic N) is 1. The van der Waals surface area contributed by atoms with Gasteiger partial charge in [0, 0.05) is 0 Å². The lowest BCUT2D eigenvalue weighted by atomic mass is 9.31. The van der Waals surface area contributed by atoms with Crippen LogP contribution in [0.15, 0.2) is 48.5 Å². The average molecular weight is 494 g/mol. The normalized spacial score (nSPS) is 40.7. The minimum Gasteiger partial charge on any atom is -0.347 e. The third-order valence-electron chi connectivity index (χ3n) is 12.6. The largest absolute Gasteiger partial charge is 0.347 e. The van der Waals surface area contributed by atoms with E-state index in [-0.39, 0.29) is 0 Å². The van der Waals surface area contributed by atoms with Gasteiger partial charge in [0.2, 0.25) is 6.85 Å². The highest BCUT2D eigenvalue weighted by Crippen LogP contribution is 2.69. The van der Waals surface area contributed by atoms with Crippen molar-refractivity contribution in [1.82, 2.24) is 4.81 Å². The Morgan fingerprint density at radius 3 is 1.49 bits per heavy atom. The minimum absolute atomic E-state index is 0.806. The molecule has 5 fully saturated rings. The van der Waals surface area contributed by atoms with Gasteiger partial charge in [-0.15, -0.1) is 0 Å². The van der Waals surface area contributed by atoms with Crippen LogP contribution >= 0.6 is 0 Å². The fraction of sp³-hybridized carbons (Fsp3) is 0.657. The van der Waals surface area contributed by atoms with Crippen molar-refractivity contribution in [1.29, 1.82) is 0 Å². The van der Waals surface area contributed by atoms with E-state index in [1.807, 2.05) is 0 Å². The second-order valence-corrected chi connectivity index (χ2v) is 14.3. The van der Waals surface area contributed by atoms with Gasteiger partial charge in [-0.3, -0.25) is 0 Å². The van der Waals surface area contributed by atoms with Crippen molar-refractivity contribution >= 4 is 6.85 Å². The summed E-state index contributed by atoms with van der Waals surface area (Å²) >= 11 is 0. The molecule has 0 bridgehead atoms. The zero-order valence-corrected chi connectivity index (χ0v) is 23.8. The molecule has 196 valence electrons. The highest BCUT2D eigenvalue weighted by Gasteiger charge is 2.62. The smallest absolute Gasteiger partial charge is 0.230 e. The molecule has 7 rings (SSSR count). The molecule has 5 aliphatic rings. The van der Waals surface area contributed by atoms with Crippen LogP contribution in [0.3, 0.4) is 0 Å². The molecule has 37 heavy (non-hydrogen) atoms. The lowest BCUT2D eigenvalue weighted by molar-refractivity contribution is 0.222. The van der Waals surface area contributed by atoms with E-state index in [1.165, 1.54) is 62.5 Å². The van der Waals surface area contributed by atoms with Crippen LogP contribution < -0.4 is 0 Å². The van der Waals surface area contributed by atoms with Crippen LogP contribution in [0.25, 0.3) is 0 Å². The first-order valence-corrected chi connectivity index (χ1v) is 15.8. The van der Waals surface area contributed by atoms with Gasteiger partial charge in [0.25, 0.3) is 0 Å². The summed E-state index contributed by atoms with van der Waals surface area (Å²) in [7, 11) is 4.90. The Bertz CT molecular complexity index is 1040. The van der Waals surface area contributed by atoms with E-state index in [0.29, 0.717) is 0 Å². The third-order valence-corrected chi connectivity index (χ3v) is 12.6. The molecule has 4 saturated carbocycles. The van der Waals surface area contributed by atoms with Crippen molar-refractivity contribution in [2.45, 2.75) is 95.1 Å². The van der Waals surface area contributed by atoms with Crippen LogP contribution in [0, 0.1) is 49.4 Å². The monoisotopic (exact) mass is 493 g/mol. The highest BCUT2D eigenvalue weighted by molar-refractivity contribution is 6.60. The molecule has 1 aliphatic heterocycles. The summed E-state index contributed by atoms with van der Waals surface area (Å²) < 4.78 is 0. The maximum Gasteiger partial charge on any atom is 0.230 e. The van der Waals surface area contributed by atoms with Crippen molar-refractivity contribution < 1.29 is 0 Å². The standard InChI is InChI=1S/C35H48BN/c1-22-11-5-7-13-26(22)28-15-9-17-30-32(28)20-24-19-25-21-33-29(27-14-8-6-12-23(27)2)16-10-18-31(33)35(25)36(34(24)30)37(3)4/h5-8,11-14,24-25,28-35H,9-10,15-21H2,1-4H3. The first kappa shape index (κ1) is 24.5. The Morgan fingerprint density at radius 1 is 0.595 bits per heavy atom. The second-order valence-electron chi connectivity index (χ2n) is 14.3. The Kier molecular flexibility index (Phi) is 6.35. The molecular formula is C35H48BN. The summed E-state index contributed by atoms with van der Waals surface area (Å²) in [5.41, 5.74) is 6.45. The number of aryl methyl sites for hydroxylation is 2. The van der Waals surface area contributed by atoms with Crippen molar-refractivity contribution in [3.05, 3.63) is 70.8 Å². The molecule has 1 saturated heterocycles. The van der Waals surface area contributed by atoms with Crippen molar-refractivity contribution in [3.8, 4) is 0 Å². The fourth-order valence-corrected chi connectivity index (χ4v) is 11.6. The lowest BCUT2D eigenvalue weighted by Gasteiger charge is -2.49. The summed E-state index contributed by atoms with van der Waals surface area (Å²) in [6.07, 6.45) is 13.3. The molecule has 0 amide bonds. The third kappa shape index (κ3) is 3.90. The fourth-order valence-electron chi connectivity index (χ4n) is 11.6. The first-order valence-electron chi connectivity index (χ1n) is 15.8. The molecular weight excluding hydrogens is 445 g/mol. The van der Waals surface area contributed by atoms with Gasteiger partial charge in [-0.25, -0.2) is 0 Å². The molecule has 1 nitrogen and oxygen atoms in total. The van der Waals surface area contributed by atoms with Gasteiger partial charge in [0.05, 0.1) is 0 Å². The summed E-state index contributed by atoms with van der Waals surface area (Å²) in [5, 5.41) is 0. The number of benzene rings is 2. The van der Waals surface area contributed by atoms with Gasteiger partial charge in [0.15, 0.2) is 0 Å². The van der Waals surface area contributed by atoms with E-state index in [1.54, 1.807) is 17.5 Å². The first-order chi connectivity index (χ1) is 18.0. The van der Waals surface area contributed by atoms with Crippen LogP contribution in [0.5, 0.6) is 0 Å². The van der Waals surface area contributed by atoms with Gasteiger partial charge >= 0.3 is 0 Å². The Hall–Kier alpha value is -1.54. The quantitative estimate of drug-likeness (QED) is 0.387. The van der Waals surface area contributed by atoms with Gasteiger partial charge in [-0.2, -0.15) is 0 Å². The molecule has 0 aromatic heterocycles. The summed E-state index contributed by atoms with van der Waals surface area (Å²) in [6.45, 7) is 5.53. The van der Waals surface area contributed by atoms with Crippen molar-refractivity contribution in [3.63, 3.8) is 0 Å². The van der Waals surface area contributed by atoms with E-state index in [4.69, 9.17) is 0 Å². The molecule has 0 radical (unpaired) electrons. The SMILES string of the molecule is Cc1ccccc1C1CCCC2C1CC1CC3CC4C(c5ccccc5C)CCCC4C3B(N(C)C)C12. The Labute approximate surface area is 226 Å². The molecule has 0 N–H and O–H groups in total. The molecule has 10 atom stereocenters. The van der Waals surface area contributed by atoms with E-state index in [0.717, 1.165) is 65.8 Å². The summed E-state index contributed by atoms with van der Waals surface area (Å²) in [5.74, 6) is 9.16. The van der Waals surface area contributed by atoms with Crippen LogP contribution in [0.4, 0.5) is 0 Å². The highest BCUT2D eigenvalue weighted by atomic mass is 15.0. The van der Waals surface area contributed by atoms with Gasteiger partial charge in [-0.1, -0.05) is 74.2 Å². The van der Waals surface area contributed by atoms with Crippen LogP contribution in [0.1, 0.15) is 91.9 Å². The molecule has 10 unspecified atom stereocenters. The number of hydrogen-bond donors (Lipinski definition) is 0. The molecule has 4 aliphatic carbocycles. The number of hydrogen-bond acceptors (Lipinski definition) is 1. The number of rotatable bonds is 3. The molecule has 2 aromatic rings. The van der Waals surface area contributed by atoms with Crippen molar-refractivity contribution in [2.75, 3.05) is 14.1 Å². The predicted molar refractivity (Wildman–Crippen MR) is 157 cm³/mol. The van der Waals surface area contributed by atoms with Crippen molar-refractivity contribution in [2.24, 2.45) is 35.5 Å². The molecule has 2 heteroatoms. The average Bonchev–Trinajstić information content (AvgIpc) is 3.46. The van der Waals surface area contributed by atoms with Gasteiger partial charge in [-0.05, 0) is 141 Å². The number of fused-ring (bicyclic) bond motifs is 6. The maximum absolute atomic E-state index is 2.74. The zero-order chi connectivity index (χ0) is 25.3. The van der Waals surface area contributed by atoms with E-state index < -0.39 is 0 Å². The zero-order valence-electron chi connectivity index (χ0n) is 23.8. The van der Waals surface area contributed by atoms with E-state index in [9.17, 15) is 0 Å². The van der Waals surface area contributed by atoms with E-state index in [2.05, 4.69) is 81.3 Å². The maximum atomic E-state index is 2.74. The van der Waals surface area contributed by atoms with E-state index >= 15 is 0 Å². The van der Waals surface area contributed by atoms with Gasteiger partial charge in [0.1, 0.15) is 0 Å². The molecule has 2 aromatic carbocycles. The molecule has 0 spiro atoms.